The predicted molar refractivity (Wildman–Crippen MR) is 71.0 cm³/mol. The fourth-order valence-corrected chi connectivity index (χ4v) is 2.27. The van der Waals surface area contributed by atoms with Crippen LogP contribution in [-0.2, 0) is 6.42 Å². The normalized spacial score (nSPS) is 15.3. The quantitative estimate of drug-likeness (QED) is 0.769. The van der Waals surface area contributed by atoms with Crippen molar-refractivity contribution >= 4 is 11.3 Å². The first-order valence-corrected chi connectivity index (χ1v) is 6.83. The van der Waals surface area contributed by atoms with Gasteiger partial charge in [0.2, 0.25) is 0 Å². The molecule has 1 heterocycles. The van der Waals surface area contributed by atoms with Gasteiger partial charge in [-0.05, 0) is 43.7 Å². The summed E-state index contributed by atoms with van der Waals surface area (Å²) in [4.78, 5) is 1.35. The van der Waals surface area contributed by atoms with Crippen LogP contribution in [0.15, 0.2) is 17.5 Å². The smallest absolute Gasteiger partial charge is 0.0747 e. The third kappa shape index (κ3) is 5.64. The molecule has 0 fully saturated rings. The molecule has 1 aromatic rings. The number of hydrogen-bond donors (Lipinski definition) is 2. The fraction of sp³-hybridized carbons (Fsp3) is 0.692. The number of rotatable bonds is 7. The van der Waals surface area contributed by atoms with Crippen molar-refractivity contribution in [2.75, 3.05) is 13.1 Å². The third-order valence-corrected chi connectivity index (χ3v) is 3.48. The van der Waals surface area contributed by atoms with E-state index in [1.165, 1.54) is 4.88 Å². The Bertz CT molecular complexity index is 280. The first-order valence-electron chi connectivity index (χ1n) is 5.95. The summed E-state index contributed by atoms with van der Waals surface area (Å²) in [5.41, 5.74) is -0.598. The highest BCUT2D eigenvalue weighted by atomic mass is 32.1. The lowest BCUT2D eigenvalue weighted by Crippen LogP contribution is -2.39. The topological polar surface area (TPSA) is 32.3 Å². The van der Waals surface area contributed by atoms with Crippen molar-refractivity contribution in [2.45, 2.75) is 39.2 Å². The summed E-state index contributed by atoms with van der Waals surface area (Å²) in [6.45, 7) is 7.90. The van der Waals surface area contributed by atoms with E-state index >= 15 is 0 Å². The minimum Gasteiger partial charge on any atom is -0.389 e. The van der Waals surface area contributed by atoms with E-state index in [4.69, 9.17) is 0 Å². The molecule has 3 heteroatoms. The van der Waals surface area contributed by atoms with E-state index in [2.05, 4.69) is 36.7 Å². The molecule has 2 nitrogen and oxygen atoms in total. The summed E-state index contributed by atoms with van der Waals surface area (Å²) >= 11 is 1.76. The predicted octanol–water partition coefficient (Wildman–Crippen LogP) is 2.68. The van der Waals surface area contributed by atoms with Gasteiger partial charge in [0.15, 0.2) is 0 Å². The second kappa shape index (κ2) is 6.38. The Balaban J connectivity index is 2.23. The van der Waals surface area contributed by atoms with Crippen LogP contribution in [0.1, 0.15) is 32.1 Å². The van der Waals surface area contributed by atoms with Crippen molar-refractivity contribution in [3.63, 3.8) is 0 Å². The first kappa shape index (κ1) is 13.7. The van der Waals surface area contributed by atoms with Gasteiger partial charge in [-0.1, -0.05) is 19.9 Å². The van der Waals surface area contributed by atoms with Gasteiger partial charge in [-0.2, -0.15) is 0 Å². The number of hydrogen-bond acceptors (Lipinski definition) is 3. The minimum absolute atomic E-state index is 0.598. The van der Waals surface area contributed by atoms with Gasteiger partial charge < -0.3 is 10.4 Å². The first-order chi connectivity index (χ1) is 7.49. The molecule has 16 heavy (non-hydrogen) atoms. The van der Waals surface area contributed by atoms with Gasteiger partial charge >= 0.3 is 0 Å². The van der Waals surface area contributed by atoms with Gasteiger partial charge in [-0.25, -0.2) is 0 Å². The minimum atomic E-state index is -0.598. The lowest BCUT2D eigenvalue weighted by molar-refractivity contribution is 0.0508. The van der Waals surface area contributed by atoms with Crippen LogP contribution in [0.2, 0.25) is 0 Å². The molecule has 0 aliphatic rings. The highest BCUT2D eigenvalue weighted by Crippen LogP contribution is 2.16. The number of aryl methyl sites for hydroxylation is 1. The zero-order valence-corrected chi connectivity index (χ0v) is 11.3. The Hall–Kier alpha value is -0.380. The number of thiophene rings is 1. The van der Waals surface area contributed by atoms with Crippen LogP contribution in [0.25, 0.3) is 0 Å². The average molecular weight is 241 g/mol. The molecule has 2 N–H and O–H groups in total. The van der Waals surface area contributed by atoms with E-state index < -0.39 is 5.60 Å². The summed E-state index contributed by atoms with van der Waals surface area (Å²) in [5, 5.41) is 15.6. The summed E-state index contributed by atoms with van der Waals surface area (Å²) in [6.07, 6.45) is 1.78. The maximum absolute atomic E-state index is 10.2. The molecular weight excluding hydrogens is 218 g/mol. The van der Waals surface area contributed by atoms with Crippen LogP contribution in [0.3, 0.4) is 0 Å². The molecule has 0 spiro atoms. The molecule has 0 radical (unpaired) electrons. The van der Waals surface area contributed by atoms with Crippen molar-refractivity contribution in [3.8, 4) is 0 Å². The van der Waals surface area contributed by atoms with Crippen molar-refractivity contribution < 1.29 is 5.11 Å². The van der Waals surface area contributed by atoms with Gasteiger partial charge in [0.05, 0.1) is 5.60 Å². The second-order valence-corrected chi connectivity index (χ2v) is 6.13. The monoisotopic (exact) mass is 241 g/mol. The van der Waals surface area contributed by atoms with Crippen molar-refractivity contribution in [1.82, 2.24) is 5.32 Å². The molecule has 1 atom stereocenters. The van der Waals surface area contributed by atoms with E-state index in [1.807, 2.05) is 6.92 Å². The van der Waals surface area contributed by atoms with Gasteiger partial charge in [-0.3, -0.25) is 0 Å². The van der Waals surface area contributed by atoms with Crippen LogP contribution >= 0.6 is 11.3 Å². The number of aliphatic hydroxyl groups is 1. The van der Waals surface area contributed by atoms with Crippen LogP contribution in [0.4, 0.5) is 0 Å². The van der Waals surface area contributed by atoms with Crippen LogP contribution in [0.5, 0.6) is 0 Å². The molecule has 0 amide bonds. The lowest BCUT2D eigenvalue weighted by atomic mass is 9.99. The fourth-order valence-electron chi connectivity index (χ4n) is 1.57. The molecule has 1 unspecified atom stereocenters. The highest BCUT2D eigenvalue weighted by Gasteiger charge is 2.19. The zero-order valence-electron chi connectivity index (χ0n) is 10.5. The maximum Gasteiger partial charge on any atom is 0.0747 e. The Labute approximate surface area is 103 Å². The van der Waals surface area contributed by atoms with E-state index in [0.717, 1.165) is 19.4 Å². The standard InChI is InChI=1S/C13H23NOS/c1-11(2)9-14-10-13(3,15)7-6-12-5-4-8-16-12/h4-5,8,11,14-15H,6-7,9-10H2,1-3H3. The van der Waals surface area contributed by atoms with Gasteiger partial charge in [0.25, 0.3) is 0 Å². The van der Waals surface area contributed by atoms with Crippen molar-refractivity contribution in [2.24, 2.45) is 5.92 Å². The van der Waals surface area contributed by atoms with Gasteiger partial charge in [0.1, 0.15) is 0 Å². The van der Waals surface area contributed by atoms with Gasteiger partial charge in [0, 0.05) is 11.4 Å². The zero-order chi connectivity index (χ0) is 12.0. The van der Waals surface area contributed by atoms with E-state index in [9.17, 15) is 5.11 Å². The molecule has 1 rings (SSSR count). The molecule has 1 aromatic heterocycles. The summed E-state index contributed by atoms with van der Waals surface area (Å²) in [7, 11) is 0. The van der Waals surface area contributed by atoms with Crippen LogP contribution < -0.4 is 5.32 Å². The van der Waals surface area contributed by atoms with E-state index in [0.29, 0.717) is 12.5 Å². The van der Waals surface area contributed by atoms with E-state index in [1.54, 1.807) is 11.3 Å². The molecular formula is C13H23NOS. The third-order valence-electron chi connectivity index (χ3n) is 2.55. The van der Waals surface area contributed by atoms with Crippen LogP contribution in [-0.4, -0.2) is 23.8 Å². The average Bonchev–Trinajstić information content (AvgIpc) is 2.66. The summed E-state index contributed by atoms with van der Waals surface area (Å²) in [5.74, 6) is 0.632. The van der Waals surface area contributed by atoms with Crippen LogP contribution in [0, 0.1) is 5.92 Å². The molecule has 0 aliphatic carbocycles. The Morgan fingerprint density at radius 2 is 2.25 bits per heavy atom. The molecule has 0 aromatic carbocycles. The summed E-state index contributed by atoms with van der Waals surface area (Å²) < 4.78 is 0. The lowest BCUT2D eigenvalue weighted by Gasteiger charge is -2.24. The highest BCUT2D eigenvalue weighted by molar-refractivity contribution is 7.09. The van der Waals surface area contributed by atoms with Crippen molar-refractivity contribution in [3.05, 3.63) is 22.4 Å². The molecule has 0 bridgehead atoms. The molecule has 0 saturated carbocycles. The second-order valence-electron chi connectivity index (χ2n) is 5.10. The van der Waals surface area contributed by atoms with Crippen molar-refractivity contribution in [1.29, 1.82) is 0 Å². The summed E-state index contributed by atoms with van der Waals surface area (Å²) in [6, 6.07) is 4.19. The van der Waals surface area contributed by atoms with Gasteiger partial charge in [-0.15, -0.1) is 11.3 Å². The molecule has 0 aliphatic heterocycles. The SMILES string of the molecule is CC(C)CNCC(C)(O)CCc1cccs1. The Morgan fingerprint density at radius 3 is 2.81 bits per heavy atom. The Kier molecular flexibility index (Phi) is 5.46. The molecule has 0 saturated heterocycles. The maximum atomic E-state index is 10.2. The largest absolute Gasteiger partial charge is 0.389 e. The molecule has 92 valence electrons. The number of nitrogens with one attached hydrogen (secondary N) is 1. The van der Waals surface area contributed by atoms with E-state index in [-0.39, 0.29) is 0 Å². The Morgan fingerprint density at radius 1 is 1.50 bits per heavy atom.